The summed E-state index contributed by atoms with van der Waals surface area (Å²) in [5.41, 5.74) is 0.552. The maximum atomic E-state index is 12.8. The number of carbonyl (C=O) groups excluding carboxylic acids is 2. The van der Waals surface area contributed by atoms with E-state index in [0.717, 1.165) is 48.7 Å². The van der Waals surface area contributed by atoms with Gasteiger partial charge in [0.2, 0.25) is 5.91 Å². The van der Waals surface area contributed by atoms with Gasteiger partial charge >= 0.3 is 5.97 Å². The zero-order valence-corrected chi connectivity index (χ0v) is 27.4. The second-order valence-electron chi connectivity index (χ2n) is 14.9. The Labute approximate surface area is 250 Å². The molecule has 40 heavy (non-hydrogen) atoms. The number of carbonyl (C=O) groups is 2. The Kier molecular flexibility index (Phi) is 11.8. The van der Waals surface area contributed by atoms with Crippen LogP contribution in [0.15, 0.2) is 0 Å². The molecule has 8 atom stereocenters. The zero-order valence-electron chi connectivity index (χ0n) is 26.6. The van der Waals surface area contributed by atoms with Gasteiger partial charge in [-0.1, -0.05) is 72.6 Å². The number of fused-ring (bicyclic) bond motifs is 5. The summed E-state index contributed by atoms with van der Waals surface area (Å²) in [6.45, 7) is 11.7. The van der Waals surface area contributed by atoms with Crippen molar-refractivity contribution in [2.75, 3.05) is 5.75 Å². The quantitative estimate of drug-likeness (QED) is 0.156. The molecule has 1 aliphatic heterocycles. The predicted molar refractivity (Wildman–Crippen MR) is 168 cm³/mol. The number of amides is 1. The topological polar surface area (TPSA) is 55.4 Å². The largest absolute Gasteiger partial charge is 0.462 e. The zero-order chi connectivity index (χ0) is 28.8. The summed E-state index contributed by atoms with van der Waals surface area (Å²) in [4.78, 5) is 24.9. The highest BCUT2D eigenvalue weighted by molar-refractivity contribution is 7.99. The van der Waals surface area contributed by atoms with Gasteiger partial charge < -0.3 is 10.1 Å². The van der Waals surface area contributed by atoms with Crippen LogP contribution < -0.4 is 5.32 Å². The lowest BCUT2D eigenvalue weighted by molar-refractivity contribution is -0.157. The first kappa shape index (κ1) is 32.2. The molecule has 3 aliphatic carbocycles. The molecule has 0 bridgehead atoms. The van der Waals surface area contributed by atoms with E-state index in [1.807, 2.05) is 0 Å². The Balaban J connectivity index is 1.13. The van der Waals surface area contributed by atoms with Crippen molar-refractivity contribution in [3.8, 4) is 0 Å². The fourth-order valence-corrected chi connectivity index (χ4v) is 10.6. The van der Waals surface area contributed by atoms with Crippen molar-refractivity contribution in [1.29, 1.82) is 0 Å². The highest BCUT2D eigenvalue weighted by Crippen LogP contribution is 2.66. The average Bonchev–Trinajstić information content (AvgIpc) is 3.27. The molecule has 0 spiro atoms. The number of ether oxygens (including phenoxy) is 1. The van der Waals surface area contributed by atoms with E-state index >= 15 is 0 Å². The van der Waals surface area contributed by atoms with Gasteiger partial charge in [-0.25, -0.2) is 0 Å². The molecule has 0 radical (unpaired) electrons. The first-order chi connectivity index (χ1) is 19.1. The van der Waals surface area contributed by atoms with Crippen LogP contribution in [0, 0.1) is 34.5 Å². The van der Waals surface area contributed by atoms with Crippen molar-refractivity contribution in [2.45, 2.75) is 168 Å². The lowest BCUT2D eigenvalue weighted by Crippen LogP contribution is -2.61. The van der Waals surface area contributed by atoms with E-state index in [9.17, 15) is 9.59 Å². The summed E-state index contributed by atoms with van der Waals surface area (Å²) in [6.07, 6.45) is 21.3. The van der Waals surface area contributed by atoms with E-state index in [1.165, 1.54) is 82.8 Å². The third-order valence-electron chi connectivity index (χ3n) is 12.0. The molecular weight excluding hydrogens is 514 g/mol. The Bertz CT molecular complexity index is 831. The first-order valence-corrected chi connectivity index (χ1v) is 18.3. The Morgan fingerprint density at radius 1 is 0.850 bits per heavy atom. The molecule has 4 nitrogen and oxygen atoms in total. The highest BCUT2D eigenvalue weighted by Gasteiger charge is 2.61. The fraction of sp³-hybridized carbons (Fsp3) is 0.943. The summed E-state index contributed by atoms with van der Waals surface area (Å²) in [7, 11) is 0. The van der Waals surface area contributed by atoms with Crippen LogP contribution in [0.5, 0.6) is 0 Å². The van der Waals surface area contributed by atoms with Gasteiger partial charge in [-0.15, -0.1) is 0 Å². The standard InChI is InChI=1S/C35H61NO3S/c1-25(2)40-24-14-12-10-8-6-7-9-11-13-15-33(38)39-26(3)28-17-18-29-27-16-19-31-35(5,23-21-32(37)36-31)30(27)20-22-34(28,29)4/h25-31H,6-24H2,1-5H3,(H,36,37)/t26?,27-,28+,29-,30-,31+,34+,35+/m0/s1. The van der Waals surface area contributed by atoms with Crippen LogP contribution in [0.1, 0.15) is 150 Å². The summed E-state index contributed by atoms with van der Waals surface area (Å²) in [6, 6.07) is 0.375. The minimum absolute atomic E-state index is 0.0264. The molecule has 1 saturated heterocycles. The van der Waals surface area contributed by atoms with Gasteiger partial charge in [-0.2, -0.15) is 11.8 Å². The van der Waals surface area contributed by atoms with Crippen LogP contribution in [0.4, 0.5) is 0 Å². The molecule has 5 heteroatoms. The highest BCUT2D eigenvalue weighted by atomic mass is 32.2. The lowest BCUT2D eigenvalue weighted by Gasteiger charge is -2.60. The molecule has 0 aromatic carbocycles. The number of hydrogen-bond acceptors (Lipinski definition) is 4. The number of nitrogens with one attached hydrogen (secondary N) is 1. The third kappa shape index (κ3) is 7.62. The Morgan fingerprint density at radius 2 is 1.50 bits per heavy atom. The van der Waals surface area contributed by atoms with Crippen LogP contribution in [0.3, 0.4) is 0 Å². The van der Waals surface area contributed by atoms with Gasteiger partial charge in [-0.05, 0) is 104 Å². The van der Waals surface area contributed by atoms with E-state index in [0.29, 0.717) is 24.8 Å². The maximum Gasteiger partial charge on any atom is 0.306 e. The van der Waals surface area contributed by atoms with Crippen LogP contribution >= 0.6 is 11.8 Å². The lowest BCUT2D eigenvalue weighted by atomic mass is 9.47. The molecule has 1 amide bonds. The maximum absolute atomic E-state index is 12.8. The van der Waals surface area contributed by atoms with E-state index in [-0.39, 0.29) is 28.8 Å². The van der Waals surface area contributed by atoms with Gasteiger partial charge in [0.05, 0.1) is 0 Å². The van der Waals surface area contributed by atoms with Gasteiger partial charge in [0, 0.05) is 24.8 Å². The van der Waals surface area contributed by atoms with Crippen molar-refractivity contribution in [1.82, 2.24) is 5.32 Å². The molecule has 1 unspecified atom stereocenters. The van der Waals surface area contributed by atoms with Crippen molar-refractivity contribution >= 4 is 23.6 Å². The third-order valence-corrected chi connectivity index (χ3v) is 13.2. The average molecular weight is 576 g/mol. The molecule has 1 N–H and O–H groups in total. The molecule has 230 valence electrons. The minimum Gasteiger partial charge on any atom is -0.462 e. The number of rotatable bonds is 15. The summed E-state index contributed by atoms with van der Waals surface area (Å²) < 4.78 is 6.12. The molecule has 3 saturated carbocycles. The Hall–Kier alpha value is -0.710. The molecule has 4 rings (SSSR count). The summed E-state index contributed by atoms with van der Waals surface area (Å²) in [5.74, 6) is 4.33. The van der Waals surface area contributed by atoms with E-state index < -0.39 is 0 Å². The molecule has 1 heterocycles. The number of thioether (sulfide) groups is 1. The van der Waals surface area contributed by atoms with Crippen molar-refractivity contribution < 1.29 is 14.3 Å². The number of hydrogen-bond donors (Lipinski definition) is 1. The first-order valence-electron chi connectivity index (χ1n) is 17.3. The van der Waals surface area contributed by atoms with Crippen LogP contribution in [0.25, 0.3) is 0 Å². The van der Waals surface area contributed by atoms with Crippen molar-refractivity contribution in [2.24, 2.45) is 34.5 Å². The number of piperidine rings is 1. The van der Waals surface area contributed by atoms with Gasteiger partial charge in [0.15, 0.2) is 0 Å². The normalized spacial score (nSPS) is 36.0. The number of esters is 1. The fourth-order valence-electron chi connectivity index (χ4n) is 9.79. The van der Waals surface area contributed by atoms with Crippen molar-refractivity contribution in [3.05, 3.63) is 0 Å². The predicted octanol–water partition coefficient (Wildman–Crippen LogP) is 9.10. The van der Waals surface area contributed by atoms with Gasteiger partial charge in [0.1, 0.15) is 6.10 Å². The molecule has 0 aromatic rings. The SMILES string of the molecule is CC(C)SCCCCCCCCCCCC(=O)OC(C)[C@H]1CC[C@H]2[C@@H]3CC[C@H]4NC(=O)CC[C@]4(C)[C@H]3CC[C@]12C. The molecule has 4 aliphatic rings. The van der Waals surface area contributed by atoms with E-state index in [2.05, 4.69) is 51.7 Å². The van der Waals surface area contributed by atoms with Crippen LogP contribution in [-0.4, -0.2) is 35.0 Å². The second-order valence-corrected chi connectivity index (χ2v) is 16.5. The Morgan fingerprint density at radius 3 is 2.20 bits per heavy atom. The van der Waals surface area contributed by atoms with E-state index in [1.54, 1.807) is 0 Å². The number of unbranched alkanes of at least 4 members (excludes halogenated alkanes) is 8. The van der Waals surface area contributed by atoms with Gasteiger partial charge in [-0.3, -0.25) is 9.59 Å². The monoisotopic (exact) mass is 575 g/mol. The van der Waals surface area contributed by atoms with Crippen LogP contribution in [-0.2, 0) is 14.3 Å². The minimum atomic E-state index is 0.0264. The molecular formula is C35H61NO3S. The summed E-state index contributed by atoms with van der Waals surface area (Å²) in [5, 5.41) is 4.12. The molecule has 4 fully saturated rings. The van der Waals surface area contributed by atoms with Crippen molar-refractivity contribution in [3.63, 3.8) is 0 Å². The smallest absolute Gasteiger partial charge is 0.306 e. The molecule has 0 aromatic heterocycles. The second kappa shape index (κ2) is 14.6. The summed E-state index contributed by atoms with van der Waals surface area (Å²) >= 11 is 2.08. The van der Waals surface area contributed by atoms with Crippen LogP contribution in [0.2, 0.25) is 0 Å². The van der Waals surface area contributed by atoms with Gasteiger partial charge in [0.25, 0.3) is 0 Å². The van der Waals surface area contributed by atoms with E-state index in [4.69, 9.17) is 4.74 Å².